The lowest BCUT2D eigenvalue weighted by atomic mass is 9.87. The summed E-state index contributed by atoms with van der Waals surface area (Å²) in [5, 5.41) is 3.18. The molecule has 5 nitrogen and oxygen atoms in total. The summed E-state index contributed by atoms with van der Waals surface area (Å²) in [6, 6.07) is 11.6. The lowest BCUT2D eigenvalue weighted by Crippen LogP contribution is -2.45. The van der Waals surface area contributed by atoms with Gasteiger partial charge in [0.15, 0.2) is 0 Å². The van der Waals surface area contributed by atoms with Crippen molar-refractivity contribution in [2.24, 2.45) is 0 Å². The van der Waals surface area contributed by atoms with E-state index >= 15 is 0 Å². The van der Waals surface area contributed by atoms with Crippen LogP contribution in [0.15, 0.2) is 47.1 Å². The van der Waals surface area contributed by atoms with Crippen LogP contribution in [0.1, 0.15) is 48.6 Å². The Morgan fingerprint density at radius 2 is 2.04 bits per heavy atom. The zero-order valence-electron chi connectivity index (χ0n) is 14.1. The molecule has 0 unspecified atom stereocenters. The zero-order valence-corrected chi connectivity index (χ0v) is 14.1. The molecule has 1 saturated heterocycles. The number of nitrogens with one attached hydrogen (secondary N) is 1. The van der Waals surface area contributed by atoms with Gasteiger partial charge in [0.05, 0.1) is 18.8 Å². The van der Waals surface area contributed by atoms with Gasteiger partial charge in [-0.1, -0.05) is 24.3 Å². The van der Waals surface area contributed by atoms with Crippen molar-refractivity contribution >= 4 is 11.8 Å². The molecule has 1 N–H and O–H groups in total. The Balaban J connectivity index is 1.48. The Morgan fingerprint density at radius 3 is 2.88 bits per heavy atom. The van der Waals surface area contributed by atoms with E-state index in [4.69, 9.17) is 4.42 Å². The molecule has 0 radical (unpaired) electrons. The predicted octanol–water partition coefficient (Wildman–Crippen LogP) is 2.96. The number of likely N-dealkylation sites (tertiary alicyclic amines) is 1. The molecule has 5 heteroatoms. The molecule has 0 bridgehead atoms. The summed E-state index contributed by atoms with van der Waals surface area (Å²) < 4.78 is 5.34. The van der Waals surface area contributed by atoms with Crippen LogP contribution in [0.3, 0.4) is 0 Å². The van der Waals surface area contributed by atoms with Crippen LogP contribution in [0.2, 0.25) is 0 Å². The first-order valence-corrected chi connectivity index (χ1v) is 8.92. The molecule has 0 spiro atoms. The van der Waals surface area contributed by atoms with Gasteiger partial charge < -0.3 is 14.6 Å². The number of amides is 2. The van der Waals surface area contributed by atoms with Crippen molar-refractivity contribution in [3.8, 4) is 0 Å². The number of rotatable bonds is 4. The number of nitrogens with zero attached hydrogens (tertiary/aromatic N) is 1. The monoisotopic (exact) mass is 338 g/mol. The van der Waals surface area contributed by atoms with Crippen LogP contribution < -0.4 is 5.32 Å². The van der Waals surface area contributed by atoms with Crippen LogP contribution in [-0.4, -0.2) is 22.8 Å². The second-order valence-electron chi connectivity index (χ2n) is 6.81. The molecule has 1 aromatic heterocycles. The van der Waals surface area contributed by atoms with Crippen molar-refractivity contribution in [3.05, 3.63) is 59.5 Å². The van der Waals surface area contributed by atoms with Gasteiger partial charge in [-0.15, -0.1) is 0 Å². The minimum atomic E-state index is -0.410. The second-order valence-corrected chi connectivity index (χ2v) is 6.81. The molecule has 0 saturated carbocycles. The summed E-state index contributed by atoms with van der Waals surface area (Å²) in [4.78, 5) is 26.7. The molecule has 1 fully saturated rings. The SMILES string of the molecule is O=C(N[C@@H]1CCCc2ccccc21)[C@@H]1CCC(=O)N1Cc1ccco1. The number of carbonyl (C=O) groups is 2. The first kappa shape index (κ1) is 15.9. The van der Waals surface area contributed by atoms with Crippen molar-refractivity contribution in [3.63, 3.8) is 0 Å². The minimum Gasteiger partial charge on any atom is -0.467 e. The Labute approximate surface area is 147 Å². The fourth-order valence-electron chi connectivity index (χ4n) is 3.95. The maximum absolute atomic E-state index is 12.9. The molecule has 4 rings (SSSR count). The number of hydrogen-bond donors (Lipinski definition) is 1. The highest BCUT2D eigenvalue weighted by molar-refractivity contribution is 5.91. The number of furan rings is 1. The molecule has 1 aromatic carbocycles. The van der Waals surface area contributed by atoms with E-state index in [2.05, 4.69) is 17.4 Å². The molecule has 1 aliphatic heterocycles. The third-order valence-corrected chi connectivity index (χ3v) is 5.22. The Morgan fingerprint density at radius 1 is 1.16 bits per heavy atom. The van der Waals surface area contributed by atoms with Crippen molar-refractivity contribution < 1.29 is 14.0 Å². The quantitative estimate of drug-likeness (QED) is 0.932. The van der Waals surface area contributed by atoms with Crippen LogP contribution in [0.5, 0.6) is 0 Å². The first-order valence-electron chi connectivity index (χ1n) is 8.92. The number of carbonyl (C=O) groups excluding carboxylic acids is 2. The van der Waals surface area contributed by atoms with Gasteiger partial charge in [-0.3, -0.25) is 9.59 Å². The van der Waals surface area contributed by atoms with Crippen molar-refractivity contribution in [2.75, 3.05) is 0 Å². The summed E-state index contributed by atoms with van der Waals surface area (Å²) in [6.07, 6.45) is 5.65. The minimum absolute atomic E-state index is 0.0144. The van der Waals surface area contributed by atoms with Crippen molar-refractivity contribution in [1.29, 1.82) is 0 Å². The van der Waals surface area contributed by atoms with Gasteiger partial charge in [-0.25, -0.2) is 0 Å². The highest BCUT2D eigenvalue weighted by Gasteiger charge is 2.37. The van der Waals surface area contributed by atoms with Gasteiger partial charge in [0, 0.05) is 6.42 Å². The van der Waals surface area contributed by atoms with Gasteiger partial charge in [0.25, 0.3) is 0 Å². The summed E-state index contributed by atoms with van der Waals surface area (Å²) in [5.74, 6) is 0.663. The number of hydrogen-bond acceptors (Lipinski definition) is 3. The number of benzene rings is 1. The summed E-state index contributed by atoms with van der Waals surface area (Å²) in [6.45, 7) is 0.352. The van der Waals surface area contributed by atoms with E-state index in [1.807, 2.05) is 18.2 Å². The van der Waals surface area contributed by atoms with Gasteiger partial charge >= 0.3 is 0 Å². The lowest BCUT2D eigenvalue weighted by Gasteiger charge is -2.29. The Bertz CT molecular complexity index is 769. The second kappa shape index (κ2) is 6.75. The molecule has 1 aliphatic carbocycles. The molecule has 130 valence electrons. The summed E-state index contributed by atoms with van der Waals surface area (Å²) >= 11 is 0. The predicted molar refractivity (Wildman–Crippen MR) is 92.5 cm³/mol. The third-order valence-electron chi connectivity index (χ3n) is 5.22. The van der Waals surface area contributed by atoms with E-state index in [0.29, 0.717) is 25.1 Å². The van der Waals surface area contributed by atoms with E-state index in [1.165, 1.54) is 11.1 Å². The molecule has 2 aliphatic rings. The van der Waals surface area contributed by atoms with E-state index in [9.17, 15) is 9.59 Å². The lowest BCUT2D eigenvalue weighted by molar-refractivity contribution is -0.136. The fourth-order valence-corrected chi connectivity index (χ4v) is 3.95. The van der Waals surface area contributed by atoms with Gasteiger partial charge in [0.1, 0.15) is 11.8 Å². The molecular formula is C20H22N2O3. The molecular weight excluding hydrogens is 316 g/mol. The van der Waals surface area contributed by atoms with E-state index in [-0.39, 0.29) is 17.9 Å². The Kier molecular flexibility index (Phi) is 4.30. The van der Waals surface area contributed by atoms with Crippen molar-refractivity contribution in [1.82, 2.24) is 10.2 Å². The normalized spacial score (nSPS) is 22.7. The van der Waals surface area contributed by atoms with Crippen LogP contribution >= 0.6 is 0 Å². The number of aryl methyl sites for hydroxylation is 1. The summed E-state index contributed by atoms with van der Waals surface area (Å²) in [5.41, 5.74) is 2.53. The van der Waals surface area contributed by atoms with E-state index in [1.54, 1.807) is 17.2 Å². The zero-order chi connectivity index (χ0) is 17.2. The van der Waals surface area contributed by atoms with Gasteiger partial charge in [-0.2, -0.15) is 0 Å². The maximum atomic E-state index is 12.9. The number of fused-ring (bicyclic) bond motifs is 1. The van der Waals surface area contributed by atoms with Crippen LogP contribution in [-0.2, 0) is 22.6 Å². The largest absolute Gasteiger partial charge is 0.467 e. The van der Waals surface area contributed by atoms with Crippen molar-refractivity contribution in [2.45, 2.75) is 50.7 Å². The van der Waals surface area contributed by atoms with Crippen LogP contribution in [0.25, 0.3) is 0 Å². The molecule has 2 heterocycles. The summed E-state index contributed by atoms with van der Waals surface area (Å²) in [7, 11) is 0. The molecule has 25 heavy (non-hydrogen) atoms. The standard InChI is InChI=1S/C20H22N2O3/c23-19-11-10-18(22(19)13-15-7-4-12-25-15)20(24)21-17-9-3-6-14-5-1-2-8-16(14)17/h1-2,4-5,7-8,12,17-18H,3,6,9-11,13H2,(H,21,24)/t17-,18+/m1/s1. The average Bonchev–Trinajstić information content (AvgIpc) is 3.26. The smallest absolute Gasteiger partial charge is 0.243 e. The Hall–Kier alpha value is -2.56. The maximum Gasteiger partial charge on any atom is 0.243 e. The fraction of sp³-hybridized carbons (Fsp3) is 0.400. The van der Waals surface area contributed by atoms with E-state index < -0.39 is 6.04 Å². The third kappa shape index (κ3) is 3.18. The average molecular weight is 338 g/mol. The van der Waals surface area contributed by atoms with Crippen LogP contribution in [0, 0.1) is 0 Å². The molecule has 2 atom stereocenters. The first-order chi connectivity index (χ1) is 12.2. The van der Waals surface area contributed by atoms with Gasteiger partial charge in [-0.05, 0) is 48.9 Å². The topological polar surface area (TPSA) is 62.6 Å². The molecule has 2 amide bonds. The van der Waals surface area contributed by atoms with Crippen LogP contribution in [0.4, 0.5) is 0 Å². The molecule has 2 aromatic rings. The van der Waals surface area contributed by atoms with E-state index in [0.717, 1.165) is 19.3 Å². The van der Waals surface area contributed by atoms with Gasteiger partial charge in [0.2, 0.25) is 11.8 Å². The highest BCUT2D eigenvalue weighted by atomic mass is 16.3. The highest BCUT2D eigenvalue weighted by Crippen LogP contribution is 2.30.